The van der Waals surface area contributed by atoms with Crippen molar-refractivity contribution in [3.05, 3.63) is 0 Å². The number of piperidine rings is 1. The molecule has 4 heteroatoms. The molecule has 2 unspecified atom stereocenters. The van der Waals surface area contributed by atoms with Gasteiger partial charge in [0, 0.05) is 13.7 Å². The van der Waals surface area contributed by atoms with Gasteiger partial charge in [-0.25, -0.2) is 0 Å². The molecule has 0 aromatic rings. The van der Waals surface area contributed by atoms with Crippen molar-refractivity contribution >= 4 is 0 Å². The first-order valence-corrected chi connectivity index (χ1v) is 6.52. The van der Waals surface area contributed by atoms with Crippen molar-refractivity contribution < 1.29 is 4.74 Å². The lowest BCUT2D eigenvalue weighted by molar-refractivity contribution is 0.0308. The standard InChI is InChI=1S/C13H25N3O/c1-13(15,11-14)7-3-4-8-16-9-5-6-12(10-16)17-2/h12H,3-10,15H2,1-2H3. The lowest BCUT2D eigenvalue weighted by atomic mass is 9.98. The average molecular weight is 239 g/mol. The van der Waals surface area contributed by atoms with Crippen LogP contribution in [0.25, 0.3) is 0 Å². The Morgan fingerprint density at radius 2 is 2.29 bits per heavy atom. The number of ether oxygens (including phenoxy) is 1. The van der Waals surface area contributed by atoms with Gasteiger partial charge >= 0.3 is 0 Å². The predicted molar refractivity (Wildman–Crippen MR) is 68.5 cm³/mol. The van der Waals surface area contributed by atoms with Crippen LogP contribution in [0.2, 0.25) is 0 Å². The Bertz CT molecular complexity index is 260. The summed E-state index contributed by atoms with van der Waals surface area (Å²) in [5, 5.41) is 8.81. The van der Waals surface area contributed by atoms with Crippen LogP contribution in [0.4, 0.5) is 0 Å². The maximum absolute atomic E-state index is 8.81. The first-order chi connectivity index (χ1) is 8.07. The normalized spacial score (nSPS) is 25.2. The lowest BCUT2D eigenvalue weighted by Crippen LogP contribution is -2.40. The van der Waals surface area contributed by atoms with E-state index in [1.807, 2.05) is 0 Å². The number of methoxy groups -OCH3 is 1. The summed E-state index contributed by atoms with van der Waals surface area (Å²) < 4.78 is 5.39. The zero-order chi connectivity index (χ0) is 12.7. The summed E-state index contributed by atoms with van der Waals surface area (Å²) in [6.45, 7) is 5.13. The average Bonchev–Trinajstić information content (AvgIpc) is 2.35. The number of hydrogen-bond donors (Lipinski definition) is 1. The van der Waals surface area contributed by atoms with Crippen LogP contribution < -0.4 is 5.73 Å². The predicted octanol–water partition coefficient (Wildman–Crippen LogP) is 1.51. The van der Waals surface area contributed by atoms with Gasteiger partial charge in [0.2, 0.25) is 0 Å². The first-order valence-electron chi connectivity index (χ1n) is 6.52. The topological polar surface area (TPSA) is 62.3 Å². The molecular weight excluding hydrogens is 214 g/mol. The molecule has 1 aliphatic heterocycles. The van der Waals surface area contributed by atoms with Gasteiger partial charge in [-0.05, 0) is 52.1 Å². The third-order valence-electron chi connectivity index (χ3n) is 3.47. The van der Waals surface area contributed by atoms with Crippen molar-refractivity contribution in [1.29, 1.82) is 5.26 Å². The lowest BCUT2D eigenvalue weighted by Gasteiger charge is -2.31. The van der Waals surface area contributed by atoms with E-state index in [4.69, 9.17) is 15.7 Å². The second-order valence-electron chi connectivity index (χ2n) is 5.29. The summed E-state index contributed by atoms with van der Waals surface area (Å²) in [5.74, 6) is 0. The van der Waals surface area contributed by atoms with Crippen LogP contribution >= 0.6 is 0 Å². The van der Waals surface area contributed by atoms with Gasteiger partial charge in [0.1, 0.15) is 5.54 Å². The van der Waals surface area contributed by atoms with Gasteiger partial charge in [0.25, 0.3) is 0 Å². The molecule has 1 saturated heterocycles. The SMILES string of the molecule is COC1CCCN(CCCCC(C)(N)C#N)C1. The van der Waals surface area contributed by atoms with E-state index in [0.717, 1.165) is 32.4 Å². The molecule has 4 nitrogen and oxygen atoms in total. The number of nitriles is 1. The number of unbranched alkanes of at least 4 members (excludes halogenated alkanes) is 1. The molecule has 98 valence electrons. The molecule has 1 heterocycles. The summed E-state index contributed by atoms with van der Waals surface area (Å²) in [7, 11) is 1.79. The molecule has 0 aliphatic carbocycles. The van der Waals surface area contributed by atoms with E-state index in [0.29, 0.717) is 6.10 Å². The summed E-state index contributed by atoms with van der Waals surface area (Å²) in [6.07, 6.45) is 5.74. The highest BCUT2D eigenvalue weighted by atomic mass is 16.5. The molecule has 0 radical (unpaired) electrons. The molecule has 2 atom stereocenters. The van der Waals surface area contributed by atoms with E-state index in [2.05, 4.69) is 11.0 Å². The monoisotopic (exact) mass is 239 g/mol. The number of rotatable bonds is 6. The summed E-state index contributed by atoms with van der Waals surface area (Å²) in [6, 6.07) is 2.14. The number of nitrogens with zero attached hydrogens (tertiary/aromatic N) is 2. The smallest absolute Gasteiger partial charge is 0.101 e. The fourth-order valence-corrected chi connectivity index (χ4v) is 2.29. The highest BCUT2D eigenvalue weighted by molar-refractivity contribution is 5.00. The Balaban J connectivity index is 2.12. The number of nitrogens with two attached hydrogens (primary N) is 1. The van der Waals surface area contributed by atoms with Crippen LogP contribution in [0.15, 0.2) is 0 Å². The maximum atomic E-state index is 8.81. The highest BCUT2D eigenvalue weighted by Crippen LogP contribution is 2.14. The van der Waals surface area contributed by atoms with E-state index in [-0.39, 0.29) is 0 Å². The van der Waals surface area contributed by atoms with Crippen LogP contribution in [-0.2, 0) is 4.74 Å². The summed E-state index contributed by atoms with van der Waals surface area (Å²) in [4.78, 5) is 2.46. The second kappa shape index (κ2) is 6.95. The minimum atomic E-state index is -0.656. The Kier molecular flexibility index (Phi) is 5.90. The third kappa shape index (κ3) is 5.49. The molecule has 1 aliphatic rings. The Labute approximate surface area is 105 Å². The molecule has 1 rings (SSSR count). The molecule has 0 spiro atoms. The summed E-state index contributed by atoms with van der Waals surface area (Å²) in [5.41, 5.74) is 5.13. The first kappa shape index (κ1) is 14.4. The minimum Gasteiger partial charge on any atom is -0.380 e. The van der Waals surface area contributed by atoms with Crippen molar-refractivity contribution in [3.8, 4) is 6.07 Å². The Morgan fingerprint density at radius 1 is 1.53 bits per heavy atom. The van der Waals surface area contributed by atoms with Gasteiger partial charge < -0.3 is 15.4 Å². The molecule has 0 aromatic heterocycles. The van der Waals surface area contributed by atoms with Crippen molar-refractivity contribution in [2.75, 3.05) is 26.7 Å². The zero-order valence-corrected chi connectivity index (χ0v) is 11.1. The largest absolute Gasteiger partial charge is 0.380 e. The van der Waals surface area contributed by atoms with Gasteiger partial charge in [0.05, 0.1) is 12.2 Å². The van der Waals surface area contributed by atoms with Crippen molar-refractivity contribution in [2.24, 2.45) is 5.73 Å². The second-order valence-corrected chi connectivity index (χ2v) is 5.29. The van der Waals surface area contributed by atoms with E-state index >= 15 is 0 Å². The highest BCUT2D eigenvalue weighted by Gasteiger charge is 2.20. The molecule has 1 fully saturated rings. The molecule has 0 bridgehead atoms. The van der Waals surface area contributed by atoms with Gasteiger partial charge in [0.15, 0.2) is 0 Å². The minimum absolute atomic E-state index is 0.405. The Hall–Kier alpha value is -0.630. The third-order valence-corrected chi connectivity index (χ3v) is 3.47. The van der Waals surface area contributed by atoms with Gasteiger partial charge in [-0.3, -0.25) is 0 Å². The van der Waals surface area contributed by atoms with Gasteiger partial charge in [-0.2, -0.15) is 5.26 Å². The zero-order valence-electron chi connectivity index (χ0n) is 11.1. The fourth-order valence-electron chi connectivity index (χ4n) is 2.29. The van der Waals surface area contributed by atoms with E-state index < -0.39 is 5.54 Å². The molecule has 0 saturated carbocycles. The quantitative estimate of drug-likeness (QED) is 0.714. The van der Waals surface area contributed by atoms with Crippen molar-refractivity contribution in [1.82, 2.24) is 4.90 Å². The molecule has 0 amide bonds. The van der Waals surface area contributed by atoms with Crippen LogP contribution in [0, 0.1) is 11.3 Å². The molecular formula is C13H25N3O. The van der Waals surface area contributed by atoms with Crippen LogP contribution in [0.3, 0.4) is 0 Å². The molecule has 17 heavy (non-hydrogen) atoms. The fraction of sp³-hybridized carbons (Fsp3) is 0.923. The van der Waals surface area contributed by atoms with E-state index in [1.54, 1.807) is 14.0 Å². The van der Waals surface area contributed by atoms with Gasteiger partial charge in [-0.1, -0.05) is 0 Å². The van der Waals surface area contributed by atoms with E-state index in [1.165, 1.54) is 19.4 Å². The number of hydrogen-bond acceptors (Lipinski definition) is 4. The van der Waals surface area contributed by atoms with Crippen LogP contribution in [0.5, 0.6) is 0 Å². The number of likely N-dealkylation sites (tertiary alicyclic amines) is 1. The van der Waals surface area contributed by atoms with Gasteiger partial charge in [-0.15, -0.1) is 0 Å². The molecule has 2 N–H and O–H groups in total. The van der Waals surface area contributed by atoms with E-state index in [9.17, 15) is 0 Å². The Morgan fingerprint density at radius 3 is 2.94 bits per heavy atom. The van der Waals surface area contributed by atoms with Crippen molar-refractivity contribution in [2.45, 2.75) is 50.7 Å². The summed E-state index contributed by atoms with van der Waals surface area (Å²) >= 11 is 0. The molecule has 0 aromatic carbocycles. The van der Waals surface area contributed by atoms with Crippen molar-refractivity contribution in [3.63, 3.8) is 0 Å². The maximum Gasteiger partial charge on any atom is 0.101 e. The van der Waals surface area contributed by atoms with Crippen LogP contribution in [0.1, 0.15) is 39.0 Å². The van der Waals surface area contributed by atoms with Crippen LogP contribution in [-0.4, -0.2) is 43.3 Å².